The highest BCUT2D eigenvalue weighted by Crippen LogP contribution is 2.20. The Morgan fingerprint density at radius 1 is 1.04 bits per heavy atom. The van der Waals surface area contributed by atoms with Gasteiger partial charge in [0.25, 0.3) is 5.91 Å². The van der Waals surface area contributed by atoms with Gasteiger partial charge in [-0.05, 0) is 42.2 Å². The van der Waals surface area contributed by atoms with E-state index in [1.807, 2.05) is 65.2 Å². The highest BCUT2D eigenvalue weighted by molar-refractivity contribution is 5.94. The number of benzene rings is 2. The van der Waals surface area contributed by atoms with Crippen LogP contribution in [0.15, 0.2) is 54.7 Å². The SMILES string of the molecule is Cn1cc(CC(=O)NCc2cccc(C(=O)N3CCCC3)c2)c2ccccc21. The minimum Gasteiger partial charge on any atom is -0.352 e. The molecule has 1 aromatic heterocycles. The van der Waals surface area contributed by atoms with Crippen molar-refractivity contribution < 1.29 is 9.59 Å². The van der Waals surface area contributed by atoms with E-state index < -0.39 is 0 Å². The molecule has 0 radical (unpaired) electrons. The molecule has 3 aromatic rings. The van der Waals surface area contributed by atoms with E-state index in [0.29, 0.717) is 18.5 Å². The molecule has 144 valence electrons. The van der Waals surface area contributed by atoms with Gasteiger partial charge in [-0.25, -0.2) is 0 Å². The number of hydrogen-bond acceptors (Lipinski definition) is 2. The predicted octanol–water partition coefficient (Wildman–Crippen LogP) is 3.27. The number of fused-ring (bicyclic) bond motifs is 1. The van der Waals surface area contributed by atoms with Crippen molar-refractivity contribution in [2.75, 3.05) is 13.1 Å². The van der Waals surface area contributed by atoms with Crippen molar-refractivity contribution in [3.63, 3.8) is 0 Å². The molecule has 2 heterocycles. The van der Waals surface area contributed by atoms with Gasteiger partial charge in [0.05, 0.1) is 6.42 Å². The fourth-order valence-corrected chi connectivity index (χ4v) is 3.92. The number of carbonyl (C=O) groups excluding carboxylic acids is 2. The first-order valence-electron chi connectivity index (χ1n) is 9.79. The Morgan fingerprint density at radius 3 is 2.64 bits per heavy atom. The van der Waals surface area contributed by atoms with Gasteiger partial charge in [-0.15, -0.1) is 0 Å². The summed E-state index contributed by atoms with van der Waals surface area (Å²) in [6.45, 7) is 2.10. The van der Waals surface area contributed by atoms with Crippen LogP contribution < -0.4 is 5.32 Å². The molecule has 0 aliphatic carbocycles. The number of rotatable bonds is 5. The fraction of sp³-hybridized carbons (Fsp3) is 0.304. The number of para-hydroxylation sites is 1. The maximum absolute atomic E-state index is 12.5. The molecule has 1 aliphatic heterocycles. The number of likely N-dealkylation sites (tertiary alicyclic amines) is 1. The van der Waals surface area contributed by atoms with E-state index in [0.717, 1.165) is 48.0 Å². The normalized spacial score (nSPS) is 13.8. The summed E-state index contributed by atoms with van der Waals surface area (Å²) < 4.78 is 2.05. The lowest BCUT2D eigenvalue weighted by Gasteiger charge is -2.15. The van der Waals surface area contributed by atoms with E-state index in [2.05, 4.69) is 11.4 Å². The first kappa shape index (κ1) is 18.3. The Hall–Kier alpha value is -3.08. The van der Waals surface area contributed by atoms with E-state index in [-0.39, 0.29) is 11.8 Å². The van der Waals surface area contributed by atoms with Gasteiger partial charge in [-0.2, -0.15) is 0 Å². The smallest absolute Gasteiger partial charge is 0.253 e. The Morgan fingerprint density at radius 2 is 1.82 bits per heavy atom. The van der Waals surface area contributed by atoms with E-state index >= 15 is 0 Å². The van der Waals surface area contributed by atoms with Crippen LogP contribution in [0.25, 0.3) is 10.9 Å². The van der Waals surface area contributed by atoms with Crippen LogP contribution in [0.5, 0.6) is 0 Å². The first-order valence-corrected chi connectivity index (χ1v) is 9.79. The van der Waals surface area contributed by atoms with E-state index in [4.69, 9.17) is 0 Å². The number of nitrogens with one attached hydrogen (secondary N) is 1. The van der Waals surface area contributed by atoms with Crippen molar-refractivity contribution >= 4 is 22.7 Å². The number of aryl methyl sites for hydroxylation is 1. The Kier molecular flexibility index (Phi) is 5.15. The van der Waals surface area contributed by atoms with Gasteiger partial charge in [-0.3, -0.25) is 9.59 Å². The highest BCUT2D eigenvalue weighted by Gasteiger charge is 2.19. The molecule has 1 N–H and O–H groups in total. The number of hydrogen-bond donors (Lipinski definition) is 1. The van der Waals surface area contributed by atoms with Gasteiger partial charge in [-0.1, -0.05) is 30.3 Å². The average molecular weight is 375 g/mol. The van der Waals surface area contributed by atoms with Crippen molar-refractivity contribution in [1.29, 1.82) is 0 Å². The molecule has 2 aromatic carbocycles. The minimum absolute atomic E-state index is 0.0207. The zero-order valence-corrected chi connectivity index (χ0v) is 16.1. The second-order valence-electron chi connectivity index (χ2n) is 7.44. The second-order valence-corrected chi connectivity index (χ2v) is 7.44. The Bertz CT molecular complexity index is 1020. The van der Waals surface area contributed by atoms with Crippen LogP contribution in [0, 0.1) is 0 Å². The van der Waals surface area contributed by atoms with Crippen molar-refractivity contribution in [3.05, 3.63) is 71.4 Å². The largest absolute Gasteiger partial charge is 0.352 e. The van der Waals surface area contributed by atoms with Crippen molar-refractivity contribution in [2.24, 2.45) is 7.05 Å². The summed E-state index contributed by atoms with van der Waals surface area (Å²) in [5, 5.41) is 4.09. The molecule has 0 atom stereocenters. The summed E-state index contributed by atoms with van der Waals surface area (Å²) in [5.74, 6) is 0.0639. The molecule has 28 heavy (non-hydrogen) atoms. The lowest BCUT2D eigenvalue weighted by atomic mass is 10.1. The van der Waals surface area contributed by atoms with E-state index in [9.17, 15) is 9.59 Å². The van der Waals surface area contributed by atoms with Gasteiger partial charge in [0, 0.05) is 49.3 Å². The maximum Gasteiger partial charge on any atom is 0.253 e. The summed E-state index contributed by atoms with van der Waals surface area (Å²) in [6, 6.07) is 15.7. The first-order chi connectivity index (χ1) is 13.6. The molecule has 0 saturated carbocycles. The Balaban J connectivity index is 1.39. The van der Waals surface area contributed by atoms with Crippen LogP contribution in [0.3, 0.4) is 0 Å². The van der Waals surface area contributed by atoms with Gasteiger partial charge in [0.2, 0.25) is 5.91 Å². The van der Waals surface area contributed by atoms with Crippen LogP contribution >= 0.6 is 0 Å². The van der Waals surface area contributed by atoms with Crippen LogP contribution in [0.4, 0.5) is 0 Å². The fourth-order valence-electron chi connectivity index (χ4n) is 3.92. The molecule has 0 unspecified atom stereocenters. The zero-order valence-electron chi connectivity index (χ0n) is 16.1. The average Bonchev–Trinajstić information content (AvgIpc) is 3.35. The molecular formula is C23H25N3O2. The summed E-state index contributed by atoms with van der Waals surface area (Å²) in [5.41, 5.74) is 3.78. The third kappa shape index (κ3) is 3.79. The summed E-state index contributed by atoms with van der Waals surface area (Å²) in [6.07, 6.45) is 4.51. The highest BCUT2D eigenvalue weighted by atomic mass is 16.2. The van der Waals surface area contributed by atoms with Crippen molar-refractivity contribution in [1.82, 2.24) is 14.8 Å². The molecule has 0 spiro atoms. The van der Waals surface area contributed by atoms with E-state index in [1.165, 1.54) is 0 Å². The summed E-state index contributed by atoms with van der Waals surface area (Å²) in [4.78, 5) is 26.9. The zero-order chi connectivity index (χ0) is 19.5. The van der Waals surface area contributed by atoms with Crippen LogP contribution in [0.2, 0.25) is 0 Å². The molecule has 2 amide bonds. The molecular weight excluding hydrogens is 350 g/mol. The molecule has 1 fully saturated rings. The third-order valence-electron chi connectivity index (χ3n) is 5.39. The van der Waals surface area contributed by atoms with Gasteiger partial charge < -0.3 is 14.8 Å². The number of nitrogens with zero attached hydrogens (tertiary/aromatic N) is 2. The maximum atomic E-state index is 12.5. The van der Waals surface area contributed by atoms with Crippen LogP contribution in [0.1, 0.15) is 34.3 Å². The standard InChI is InChI=1S/C23H25N3O2/c1-25-16-19(20-9-2-3-10-21(20)25)14-22(27)24-15-17-7-6-8-18(13-17)23(28)26-11-4-5-12-26/h2-3,6-10,13,16H,4-5,11-12,14-15H2,1H3,(H,24,27). The Labute approximate surface area is 165 Å². The van der Waals surface area contributed by atoms with Crippen molar-refractivity contribution in [2.45, 2.75) is 25.8 Å². The van der Waals surface area contributed by atoms with E-state index in [1.54, 1.807) is 0 Å². The monoisotopic (exact) mass is 375 g/mol. The van der Waals surface area contributed by atoms with Gasteiger partial charge >= 0.3 is 0 Å². The van der Waals surface area contributed by atoms with Crippen LogP contribution in [-0.2, 0) is 24.8 Å². The van der Waals surface area contributed by atoms with Crippen LogP contribution in [-0.4, -0.2) is 34.4 Å². The quantitative estimate of drug-likeness (QED) is 0.744. The molecule has 0 bridgehead atoms. The van der Waals surface area contributed by atoms with Gasteiger partial charge in [0.15, 0.2) is 0 Å². The lowest BCUT2D eigenvalue weighted by Crippen LogP contribution is -2.28. The molecule has 5 nitrogen and oxygen atoms in total. The third-order valence-corrected chi connectivity index (χ3v) is 5.39. The number of carbonyl (C=O) groups is 2. The van der Waals surface area contributed by atoms with Crippen molar-refractivity contribution in [3.8, 4) is 0 Å². The minimum atomic E-state index is -0.0207. The summed E-state index contributed by atoms with van der Waals surface area (Å²) >= 11 is 0. The number of amides is 2. The lowest BCUT2D eigenvalue weighted by molar-refractivity contribution is -0.120. The molecule has 1 saturated heterocycles. The predicted molar refractivity (Wildman–Crippen MR) is 110 cm³/mol. The topological polar surface area (TPSA) is 54.3 Å². The molecule has 4 rings (SSSR count). The second kappa shape index (κ2) is 7.89. The number of aromatic nitrogens is 1. The molecule has 1 aliphatic rings. The summed E-state index contributed by atoms with van der Waals surface area (Å²) in [7, 11) is 1.99. The molecule has 5 heteroatoms. The van der Waals surface area contributed by atoms with Gasteiger partial charge in [0.1, 0.15) is 0 Å².